The molecule has 3 aromatic rings. The quantitative estimate of drug-likeness (QED) is 0.273. The highest BCUT2D eigenvalue weighted by atomic mass is 32.2. The van der Waals surface area contributed by atoms with Gasteiger partial charge in [-0.1, -0.05) is 23.9 Å². The Labute approximate surface area is 169 Å². The Morgan fingerprint density at radius 3 is 2.76 bits per heavy atom. The predicted octanol–water partition coefficient (Wildman–Crippen LogP) is 3.06. The van der Waals surface area contributed by atoms with E-state index in [9.17, 15) is 19.7 Å². The fourth-order valence-electron chi connectivity index (χ4n) is 2.75. The van der Waals surface area contributed by atoms with E-state index < -0.39 is 10.8 Å². The van der Waals surface area contributed by atoms with Crippen LogP contribution in [0.1, 0.15) is 6.92 Å². The summed E-state index contributed by atoms with van der Waals surface area (Å²) in [6, 6.07) is 11.2. The Morgan fingerprint density at radius 1 is 1.31 bits per heavy atom. The molecule has 0 spiro atoms. The fraction of sp³-hybridized carbons (Fsp3) is 0.211. The number of carbonyl (C=O) groups is 1. The summed E-state index contributed by atoms with van der Waals surface area (Å²) in [5.41, 5.74) is 0.181. The van der Waals surface area contributed by atoms with E-state index in [0.717, 1.165) is 11.8 Å². The molecule has 1 N–H and O–H groups in total. The van der Waals surface area contributed by atoms with Gasteiger partial charge < -0.3 is 10.1 Å². The SMILES string of the molecule is CCn1c(SCC(=O)Nc2ccc(OC)cc2[N+](=O)[O-])nc2ccccc2c1=O. The number of ether oxygens (including phenoxy) is 1. The van der Waals surface area contributed by atoms with Gasteiger partial charge in [-0.2, -0.15) is 0 Å². The molecule has 29 heavy (non-hydrogen) atoms. The molecule has 1 amide bonds. The number of methoxy groups -OCH3 is 1. The summed E-state index contributed by atoms with van der Waals surface area (Å²) in [5, 5.41) is 14.7. The molecule has 2 aromatic carbocycles. The Balaban J connectivity index is 1.80. The van der Waals surface area contributed by atoms with Crippen molar-refractivity contribution in [3.05, 3.63) is 62.9 Å². The number of aromatic nitrogens is 2. The largest absolute Gasteiger partial charge is 0.496 e. The molecule has 150 valence electrons. The first kappa shape index (κ1) is 20.3. The summed E-state index contributed by atoms with van der Waals surface area (Å²) in [4.78, 5) is 40.1. The first-order valence-electron chi connectivity index (χ1n) is 8.69. The molecule has 0 saturated carbocycles. The fourth-order valence-corrected chi connectivity index (χ4v) is 3.61. The number of anilines is 1. The van der Waals surface area contributed by atoms with Crippen molar-refractivity contribution >= 4 is 39.9 Å². The van der Waals surface area contributed by atoms with Gasteiger partial charge in [-0.3, -0.25) is 24.3 Å². The third-order valence-electron chi connectivity index (χ3n) is 4.15. The van der Waals surface area contributed by atoms with Crippen LogP contribution < -0.4 is 15.6 Å². The molecule has 0 atom stereocenters. The third-order valence-corrected chi connectivity index (χ3v) is 5.13. The number of nitrogens with zero attached hydrogens (tertiary/aromatic N) is 3. The highest BCUT2D eigenvalue weighted by molar-refractivity contribution is 7.99. The molecule has 10 heteroatoms. The molecule has 9 nitrogen and oxygen atoms in total. The Hall–Kier alpha value is -3.40. The van der Waals surface area contributed by atoms with Crippen molar-refractivity contribution in [2.75, 3.05) is 18.2 Å². The summed E-state index contributed by atoms with van der Waals surface area (Å²) in [7, 11) is 1.40. The number of fused-ring (bicyclic) bond motifs is 1. The van der Waals surface area contributed by atoms with Crippen LogP contribution in [-0.2, 0) is 11.3 Å². The van der Waals surface area contributed by atoms with Crippen LogP contribution in [0.15, 0.2) is 52.4 Å². The average molecular weight is 414 g/mol. The van der Waals surface area contributed by atoms with E-state index in [2.05, 4.69) is 10.3 Å². The lowest BCUT2D eigenvalue weighted by Gasteiger charge is -2.11. The number of hydrogen-bond donors (Lipinski definition) is 1. The van der Waals surface area contributed by atoms with Gasteiger partial charge >= 0.3 is 0 Å². The standard InChI is InChI=1S/C19H18N4O5S/c1-3-22-18(25)13-6-4-5-7-14(13)21-19(22)29-11-17(24)20-15-9-8-12(28-2)10-16(15)23(26)27/h4-10H,3,11H2,1-2H3,(H,20,24). The van der Waals surface area contributed by atoms with E-state index in [1.165, 1.54) is 29.9 Å². The molecule has 1 aromatic heterocycles. The zero-order chi connectivity index (χ0) is 21.0. The highest BCUT2D eigenvalue weighted by Crippen LogP contribution is 2.29. The van der Waals surface area contributed by atoms with Gasteiger partial charge in [-0.25, -0.2) is 4.98 Å². The maximum Gasteiger partial charge on any atom is 0.296 e. The van der Waals surface area contributed by atoms with Crippen LogP contribution in [0.25, 0.3) is 10.9 Å². The monoisotopic (exact) mass is 414 g/mol. The van der Waals surface area contributed by atoms with E-state index in [0.29, 0.717) is 28.4 Å². The van der Waals surface area contributed by atoms with Crippen molar-refractivity contribution < 1.29 is 14.5 Å². The maximum atomic E-state index is 12.6. The molecule has 0 bridgehead atoms. The Morgan fingerprint density at radius 2 is 2.07 bits per heavy atom. The number of benzene rings is 2. The molecule has 1 heterocycles. The number of rotatable bonds is 7. The molecule has 0 aliphatic heterocycles. The smallest absolute Gasteiger partial charge is 0.296 e. The van der Waals surface area contributed by atoms with Crippen LogP contribution >= 0.6 is 11.8 Å². The molecule has 0 aliphatic carbocycles. The number of carbonyl (C=O) groups excluding carboxylic acids is 1. The summed E-state index contributed by atoms with van der Waals surface area (Å²) in [5.74, 6) is -0.196. The molecular formula is C19H18N4O5S. The number of thioether (sulfide) groups is 1. The van der Waals surface area contributed by atoms with Crippen LogP contribution in [0.5, 0.6) is 5.75 Å². The number of hydrogen-bond acceptors (Lipinski definition) is 7. The van der Waals surface area contributed by atoms with E-state index in [4.69, 9.17) is 4.74 Å². The summed E-state index contributed by atoms with van der Waals surface area (Å²) in [6.07, 6.45) is 0. The van der Waals surface area contributed by atoms with Gasteiger partial charge in [0.25, 0.3) is 11.2 Å². The van der Waals surface area contributed by atoms with E-state index in [-0.39, 0.29) is 22.7 Å². The summed E-state index contributed by atoms with van der Waals surface area (Å²) < 4.78 is 6.48. The van der Waals surface area contributed by atoms with Gasteiger partial charge in [0.15, 0.2) is 5.16 Å². The van der Waals surface area contributed by atoms with Crippen LogP contribution in [0.4, 0.5) is 11.4 Å². The minimum Gasteiger partial charge on any atom is -0.496 e. The highest BCUT2D eigenvalue weighted by Gasteiger charge is 2.18. The lowest BCUT2D eigenvalue weighted by atomic mass is 10.2. The first-order chi connectivity index (χ1) is 13.9. The normalized spacial score (nSPS) is 10.7. The van der Waals surface area contributed by atoms with Crippen molar-refractivity contribution in [2.45, 2.75) is 18.6 Å². The molecule has 0 radical (unpaired) electrons. The van der Waals surface area contributed by atoms with Crippen LogP contribution in [-0.4, -0.2) is 33.2 Å². The van der Waals surface area contributed by atoms with E-state index in [1.807, 2.05) is 6.92 Å². The number of nitro groups is 1. The minimum absolute atomic E-state index is 0.0615. The lowest BCUT2D eigenvalue weighted by molar-refractivity contribution is -0.384. The second-order valence-corrected chi connectivity index (χ2v) is 6.88. The minimum atomic E-state index is -0.592. The second-order valence-electron chi connectivity index (χ2n) is 5.94. The van der Waals surface area contributed by atoms with E-state index >= 15 is 0 Å². The molecule has 0 aliphatic rings. The zero-order valence-electron chi connectivity index (χ0n) is 15.7. The van der Waals surface area contributed by atoms with Gasteiger partial charge in [0.05, 0.1) is 34.8 Å². The van der Waals surface area contributed by atoms with E-state index in [1.54, 1.807) is 24.3 Å². The van der Waals surface area contributed by atoms with Crippen molar-refractivity contribution in [3.8, 4) is 5.75 Å². The van der Waals surface area contributed by atoms with Gasteiger partial charge in [-0.15, -0.1) is 0 Å². The molecule has 0 unspecified atom stereocenters. The van der Waals surface area contributed by atoms with Gasteiger partial charge in [0.2, 0.25) is 5.91 Å². The lowest BCUT2D eigenvalue weighted by Crippen LogP contribution is -2.23. The van der Waals surface area contributed by atoms with Crippen molar-refractivity contribution in [3.63, 3.8) is 0 Å². The van der Waals surface area contributed by atoms with Crippen LogP contribution in [0.3, 0.4) is 0 Å². The topological polar surface area (TPSA) is 116 Å². The second kappa shape index (κ2) is 8.74. The molecule has 0 saturated heterocycles. The Bertz CT molecular complexity index is 1150. The number of nitro benzene ring substituents is 1. The van der Waals surface area contributed by atoms with Crippen LogP contribution in [0, 0.1) is 10.1 Å². The number of para-hydroxylation sites is 1. The van der Waals surface area contributed by atoms with Crippen molar-refractivity contribution in [1.29, 1.82) is 0 Å². The predicted molar refractivity (Wildman–Crippen MR) is 111 cm³/mol. The van der Waals surface area contributed by atoms with Gasteiger partial charge in [0, 0.05) is 6.54 Å². The summed E-state index contributed by atoms with van der Waals surface area (Å²) >= 11 is 1.10. The van der Waals surface area contributed by atoms with Gasteiger partial charge in [0.1, 0.15) is 11.4 Å². The van der Waals surface area contributed by atoms with Crippen LogP contribution in [0.2, 0.25) is 0 Å². The van der Waals surface area contributed by atoms with Crippen molar-refractivity contribution in [2.24, 2.45) is 0 Å². The van der Waals surface area contributed by atoms with Gasteiger partial charge in [-0.05, 0) is 31.2 Å². The molecule has 0 fully saturated rings. The average Bonchev–Trinajstić information content (AvgIpc) is 2.72. The molecule has 3 rings (SSSR count). The Kier molecular flexibility index (Phi) is 6.13. The summed E-state index contributed by atoms with van der Waals surface area (Å²) in [6.45, 7) is 2.23. The third kappa shape index (κ3) is 4.37. The van der Waals surface area contributed by atoms with Crippen molar-refractivity contribution in [1.82, 2.24) is 9.55 Å². The number of nitrogens with one attached hydrogen (secondary N) is 1. The first-order valence-corrected chi connectivity index (χ1v) is 9.67. The molecular weight excluding hydrogens is 396 g/mol. The maximum absolute atomic E-state index is 12.6. The zero-order valence-corrected chi connectivity index (χ0v) is 16.6. The number of amides is 1.